The first-order chi connectivity index (χ1) is 10.3. The van der Waals surface area contributed by atoms with E-state index < -0.39 is 39.4 Å². The van der Waals surface area contributed by atoms with Crippen LogP contribution in [0.4, 0.5) is 8.78 Å². The van der Waals surface area contributed by atoms with Gasteiger partial charge in [0.1, 0.15) is 5.82 Å². The number of sulfonamides is 1. The first-order valence-corrected chi connectivity index (χ1v) is 8.25. The highest BCUT2D eigenvalue weighted by Crippen LogP contribution is 2.19. The second kappa shape index (κ2) is 6.57. The Morgan fingerprint density at radius 1 is 1.41 bits per heavy atom. The number of likely N-dealkylation sites (tertiary alicyclic amines) is 1. The smallest absolute Gasteiger partial charge is 0.260 e. The van der Waals surface area contributed by atoms with Crippen molar-refractivity contribution in [2.45, 2.75) is 18.1 Å². The van der Waals surface area contributed by atoms with Crippen molar-refractivity contribution in [1.82, 2.24) is 4.90 Å². The van der Waals surface area contributed by atoms with E-state index in [9.17, 15) is 22.0 Å². The maximum atomic E-state index is 13.4. The van der Waals surface area contributed by atoms with Gasteiger partial charge in [-0.1, -0.05) is 0 Å². The van der Waals surface area contributed by atoms with Crippen LogP contribution in [0.5, 0.6) is 5.75 Å². The molecule has 22 heavy (non-hydrogen) atoms. The molecule has 1 saturated heterocycles. The van der Waals surface area contributed by atoms with E-state index in [2.05, 4.69) is 0 Å². The Hall–Kier alpha value is -1.74. The number of ether oxygens (including phenoxy) is 1. The van der Waals surface area contributed by atoms with Gasteiger partial charge in [-0.05, 0) is 25.0 Å². The molecule has 2 N–H and O–H groups in total. The average Bonchev–Trinajstić information content (AvgIpc) is 2.45. The van der Waals surface area contributed by atoms with Gasteiger partial charge in [0.15, 0.2) is 18.2 Å². The van der Waals surface area contributed by atoms with E-state index in [4.69, 9.17) is 9.88 Å². The van der Waals surface area contributed by atoms with Crippen LogP contribution in [0, 0.1) is 11.6 Å². The van der Waals surface area contributed by atoms with E-state index in [0.29, 0.717) is 25.5 Å². The molecule has 0 bridgehead atoms. The zero-order valence-electron chi connectivity index (χ0n) is 11.7. The maximum absolute atomic E-state index is 13.4. The molecule has 6 nitrogen and oxygen atoms in total. The van der Waals surface area contributed by atoms with Crippen LogP contribution in [0.2, 0.25) is 0 Å². The highest BCUT2D eigenvalue weighted by atomic mass is 32.2. The number of benzene rings is 1. The highest BCUT2D eigenvalue weighted by molar-refractivity contribution is 7.89. The lowest BCUT2D eigenvalue weighted by atomic mass is 10.1. The number of primary sulfonamides is 1. The van der Waals surface area contributed by atoms with Crippen LogP contribution in [0.1, 0.15) is 12.8 Å². The normalized spacial score (nSPS) is 19.0. The molecule has 0 saturated carbocycles. The molecule has 1 aromatic carbocycles. The molecule has 9 heteroatoms. The van der Waals surface area contributed by atoms with E-state index in [1.165, 1.54) is 4.90 Å². The summed E-state index contributed by atoms with van der Waals surface area (Å²) in [7, 11) is -3.71. The number of carbonyl (C=O) groups excluding carboxylic acids is 1. The van der Waals surface area contributed by atoms with Crippen LogP contribution in [-0.2, 0) is 14.8 Å². The van der Waals surface area contributed by atoms with Crippen LogP contribution in [0.25, 0.3) is 0 Å². The standard InChI is InChI=1S/C13H16F2N2O4S/c14-9-3-4-12(11(15)6-9)21-8-13(18)17-5-1-2-10(7-17)22(16,19)20/h3-4,6,10H,1-2,5,7-8H2,(H2,16,19,20)/t10-/m0/s1. The molecule has 0 unspecified atom stereocenters. The lowest BCUT2D eigenvalue weighted by Crippen LogP contribution is -2.48. The summed E-state index contributed by atoms with van der Waals surface area (Å²) < 4.78 is 53.8. The fraction of sp³-hybridized carbons (Fsp3) is 0.462. The van der Waals surface area contributed by atoms with Crippen molar-refractivity contribution >= 4 is 15.9 Å². The van der Waals surface area contributed by atoms with Gasteiger partial charge < -0.3 is 9.64 Å². The summed E-state index contributed by atoms with van der Waals surface area (Å²) in [6.07, 6.45) is 0.911. The number of hydrogen-bond donors (Lipinski definition) is 1. The number of hydrogen-bond acceptors (Lipinski definition) is 4. The number of nitrogens with two attached hydrogens (primary N) is 1. The van der Waals surface area contributed by atoms with Gasteiger partial charge in [0.05, 0.1) is 5.25 Å². The third-order valence-electron chi connectivity index (χ3n) is 3.44. The van der Waals surface area contributed by atoms with Gasteiger partial charge in [-0.2, -0.15) is 0 Å². The SMILES string of the molecule is NS(=O)(=O)[C@H]1CCCN(C(=O)COc2ccc(F)cc2F)C1. The molecular formula is C13H16F2N2O4S. The molecule has 0 radical (unpaired) electrons. The fourth-order valence-electron chi connectivity index (χ4n) is 2.26. The fourth-order valence-corrected chi connectivity index (χ4v) is 3.14. The van der Waals surface area contributed by atoms with Gasteiger partial charge in [0, 0.05) is 19.2 Å². The predicted molar refractivity (Wildman–Crippen MR) is 74.6 cm³/mol. The Morgan fingerprint density at radius 3 is 2.77 bits per heavy atom. The molecule has 0 spiro atoms. The zero-order valence-corrected chi connectivity index (χ0v) is 12.5. The lowest BCUT2D eigenvalue weighted by molar-refractivity contribution is -0.134. The number of rotatable bonds is 4. The minimum absolute atomic E-state index is 0.00702. The van der Waals surface area contributed by atoms with Gasteiger partial charge >= 0.3 is 0 Å². The Kier molecular flexibility index (Phi) is 4.97. The van der Waals surface area contributed by atoms with E-state index in [-0.39, 0.29) is 12.3 Å². The van der Waals surface area contributed by atoms with Gasteiger partial charge in [0.25, 0.3) is 5.91 Å². The van der Waals surface area contributed by atoms with Crippen molar-refractivity contribution in [2.24, 2.45) is 5.14 Å². The number of halogens is 2. The van der Waals surface area contributed by atoms with Crippen molar-refractivity contribution in [3.63, 3.8) is 0 Å². The molecule has 2 rings (SSSR count). The quantitative estimate of drug-likeness (QED) is 0.874. The molecule has 122 valence electrons. The molecule has 1 aromatic rings. The third-order valence-corrected chi connectivity index (χ3v) is 4.75. The second-order valence-electron chi connectivity index (χ2n) is 5.06. The van der Waals surface area contributed by atoms with Crippen LogP contribution in [0.3, 0.4) is 0 Å². The molecule has 1 aliphatic heterocycles. The molecule has 1 fully saturated rings. The van der Waals surface area contributed by atoms with Crippen LogP contribution in [-0.4, -0.2) is 44.2 Å². The second-order valence-corrected chi connectivity index (χ2v) is 6.90. The van der Waals surface area contributed by atoms with E-state index in [0.717, 1.165) is 12.1 Å². The Bertz CT molecular complexity index is 666. The summed E-state index contributed by atoms with van der Waals surface area (Å²) in [5.41, 5.74) is 0. The van der Waals surface area contributed by atoms with Gasteiger partial charge in [-0.25, -0.2) is 22.3 Å². The van der Waals surface area contributed by atoms with Crippen LogP contribution in [0.15, 0.2) is 18.2 Å². The summed E-state index contributed by atoms with van der Waals surface area (Å²) in [6.45, 7) is -0.0765. The van der Waals surface area contributed by atoms with Crippen molar-refractivity contribution in [2.75, 3.05) is 19.7 Å². The summed E-state index contributed by atoms with van der Waals surface area (Å²) in [4.78, 5) is 13.3. The van der Waals surface area contributed by atoms with Gasteiger partial charge in [-0.15, -0.1) is 0 Å². The van der Waals surface area contributed by atoms with E-state index >= 15 is 0 Å². The lowest BCUT2D eigenvalue weighted by Gasteiger charge is -2.31. The molecule has 1 atom stereocenters. The Morgan fingerprint density at radius 2 is 2.14 bits per heavy atom. The molecule has 0 aliphatic carbocycles. The zero-order chi connectivity index (χ0) is 16.3. The number of piperidine rings is 1. The van der Waals surface area contributed by atoms with Gasteiger partial charge in [0.2, 0.25) is 10.0 Å². The Balaban J connectivity index is 1.94. The molecule has 1 amide bonds. The minimum Gasteiger partial charge on any atom is -0.481 e. The van der Waals surface area contributed by atoms with Gasteiger partial charge in [-0.3, -0.25) is 4.79 Å². The van der Waals surface area contributed by atoms with Crippen molar-refractivity contribution in [1.29, 1.82) is 0 Å². The monoisotopic (exact) mass is 334 g/mol. The van der Waals surface area contributed by atoms with Crippen molar-refractivity contribution in [3.05, 3.63) is 29.8 Å². The Labute approximate surface area is 126 Å². The van der Waals surface area contributed by atoms with E-state index in [1.54, 1.807) is 0 Å². The number of nitrogens with zero attached hydrogens (tertiary/aromatic N) is 1. The number of carbonyl (C=O) groups is 1. The molecule has 1 heterocycles. The summed E-state index contributed by atoms with van der Waals surface area (Å²) in [5.74, 6) is -2.37. The molecule has 0 aromatic heterocycles. The highest BCUT2D eigenvalue weighted by Gasteiger charge is 2.30. The van der Waals surface area contributed by atoms with Crippen LogP contribution < -0.4 is 9.88 Å². The van der Waals surface area contributed by atoms with Crippen LogP contribution >= 0.6 is 0 Å². The molecule has 1 aliphatic rings. The number of amides is 1. The van der Waals surface area contributed by atoms with E-state index in [1.807, 2.05) is 0 Å². The van der Waals surface area contributed by atoms with Crippen molar-refractivity contribution in [3.8, 4) is 5.75 Å². The third kappa shape index (κ3) is 4.14. The minimum atomic E-state index is -3.71. The van der Waals surface area contributed by atoms with Crippen molar-refractivity contribution < 1.29 is 26.7 Å². The first-order valence-electron chi connectivity index (χ1n) is 6.64. The topological polar surface area (TPSA) is 89.7 Å². The summed E-state index contributed by atoms with van der Waals surface area (Å²) in [5, 5.41) is 4.29. The predicted octanol–water partition coefficient (Wildman–Crippen LogP) is 0.623. The molecular weight excluding hydrogens is 318 g/mol. The average molecular weight is 334 g/mol. The summed E-state index contributed by atoms with van der Waals surface area (Å²) in [6, 6.07) is 2.75. The summed E-state index contributed by atoms with van der Waals surface area (Å²) >= 11 is 0. The first kappa shape index (κ1) is 16.6. The maximum Gasteiger partial charge on any atom is 0.260 e. The largest absolute Gasteiger partial charge is 0.481 e.